The molecule has 4 heteroatoms. The molecule has 112 valence electrons. The van der Waals surface area contributed by atoms with E-state index >= 15 is 0 Å². The average molecular weight is 287 g/mol. The Hall–Kier alpha value is -2.23. The van der Waals surface area contributed by atoms with Crippen molar-refractivity contribution >= 4 is 5.78 Å². The number of nitrogens with zero attached hydrogens (tertiary/aromatic N) is 1. The monoisotopic (exact) mass is 287 g/mol. The van der Waals surface area contributed by atoms with Crippen molar-refractivity contribution in [3.05, 3.63) is 47.3 Å². The van der Waals surface area contributed by atoms with Gasteiger partial charge < -0.3 is 14.0 Å². The van der Waals surface area contributed by atoms with Gasteiger partial charge in [-0.05, 0) is 51.1 Å². The predicted molar refractivity (Wildman–Crippen MR) is 82.4 cm³/mol. The molecule has 1 heterocycles. The molecule has 0 aliphatic heterocycles. The van der Waals surface area contributed by atoms with Crippen molar-refractivity contribution in [3.8, 4) is 11.5 Å². The minimum Gasteiger partial charge on any atom is -0.497 e. The van der Waals surface area contributed by atoms with Crippen LogP contribution < -0.4 is 9.47 Å². The van der Waals surface area contributed by atoms with Gasteiger partial charge in [-0.15, -0.1) is 0 Å². The van der Waals surface area contributed by atoms with E-state index in [2.05, 4.69) is 11.5 Å². The summed E-state index contributed by atoms with van der Waals surface area (Å²) in [5.41, 5.74) is 2.84. The fourth-order valence-corrected chi connectivity index (χ4v) is 2.47. The van der Waals surface area contributed by atoms with Gasteiger partial charge in [0.1, 0.15) is 11.5 Å². The summed E-state index contributed by atoms with van der Waals surface area (Å²) in [5.74, 6) is 1.42. The number of benzene rings is 1. The van der Waals surface area contributed by atoms with Crippen molar-refractivity contribution in [1.29, 1.82) is 0 Å². The van der Waals surface area contributed by atoms with Crippen molar-refractivity contribution in [2.24, 2.45) is 0 Å². The van der Waals surface area contributed by atoms with Gasteiger partial charge in [0.25, 0.3) is 0 Å². The highest BCUT2D eigenvalue weighted by atomic mass is 16.5. The first-order chi connectivity index (χ1) is 10.1. The van der Waals surface area contributed by atoms with E-state index in [1.54, 1.807) is 19.2 Å². The summed E-state index contributed by atoms with van der Waals surface area (Å²) in [6.07, 6.45) is 0. The molecule has 4 nitrogen and oxygen atoms in total. The quantitative estimate of drug-likeness (QED) is 0.765. The Labute approximate surface area is 125 Å². The van der Waals surface area contributed by atoms with Gasteiger partial charge in [-0.25, -0.2) is 0 Å². The summed E-state index contributed by atoms with van der Waals surface area (Å²) >= 11 is 0. The second-order valence-corrected chi connectivity index (χ2v) is 4.92. The van der Waals surface area contributed by atoms with Crippen LogP contribution in [-0.4, -0.2) is 24.1 Å². The molecule has 0 N–H and O–H groups in total. The van der Waals surface area contributed by atoms with Crippen LogP contribution in [0, 0.1) is 13.8 Å². The standard InChI is InChI=1S/C17H21NO3/c1-5-18-12(2)10-16(13(18)3)17(19)11-21-15-8-6-14(20-4)7-9-15/h6-10H,5,11H2,1-4H3. The molecule has 0 saturated carbocycles. The van der Waals surface area contributed by atoms with Crippen LogP contribution in [0.1, 0.15) is 28.7 Å². The normalized spacial score (nSPS) is 10.5. The van der Waals surface area contributed by atoms with E-state index in [0.717, 1.165) is 29.2 Å². The second kappa shape index (κ2) is 6.48. The van der Waals surface area contributed by atoms with Gasteiger partial charge in [0, 0.05) is 23.5 Å². The van der Waals surface area contributed by atoms with Crippen LogP contribution in [0.25, 0.3) is 0 Å². The maximum atomic E-state index is 12.3. The van der Waals surface area contributed by atoms with Gasteiger partial charge >= 0.3 is 0 Å². The fourth-order valence-electron chi connectivity index (χ4n) is 2.47. The number of aryl methyl sites for hydroxylation is 1. The molecule has 0 atom stereocenters. The Kier molecular flexibility index (Phi) is 4.68. The molecule has 0 aliphatic rings. The van der Waals surface area contributed by atoms with Crippen molar-refractivity contribution < 1.29 is 14.3 Å². The number of carbonyl (C=O) groups is 1. The fraction of sp³-hybridized carbons (Fsp3) is 0.353. The molecule has 0 aliphatic carbocycles. The van der Waals surface area contributed by atoms with E-state index in [1.807, 2.05) is 32.0 Å². The average Bonchev–Trinajstić information content (AvgIpc) is 2.79. The van der Waals surface area contributed by atoms with Gasteiger partial charge in [-0.2, -0.15) is 0 Å². The number of hydrogen-bond donors (Lipinski definition) is 0. The molecule has 0 fully saturated rings. The summed E-state index contributed by atoms with van der Waals surface area (Å²) in [6.45, 7) is 6.96. The minimum absolute atomic E-state index is 0.00128. The summed E-state index contributed by atoms with van der Waals surface area (Å²) in [5, 5.41) is 0. The molecule has 0 saturated heterocycles. The predicted octanol–water partition coefficient (Wildman–Crippen LogP) is 3.40. The summed E-state index contributed by atoms with van der Waals surface area (Å²) in [7, 11) is 1.61. The second-order valence-electron chi connectivity index (χ2n) is 4.92. The third-order valence-electron chi connectivity index (χ3n) is 3.62. The highest BCUT2D eigenvalue weighted by Crippen LogP contribution is 2.19. The first-order valence-electron chi connectivity index (χ1n) is 7.03. The Morgan fingerprint density at radius 1 is 1.14 bits per heavy atom. The van der Waals surface area contributed by atoms with E-state index in [-0.39, 0.29) is 12.4 Å². The Bertz CT molecular complexity index is 626. The van der Waals surface area contributed by atoms with E-state index in [1.165, 1.54) is 0 Å². The number of Topliss-reactive ketones (excluding diaryl/α,β-unsaturated/α-hetero) is 1. The van der Waals surface area contributed by atoms with Crippen molar-refractivity contribution in [2.75, 3.05) is 13.7 Å². The molecule has 1 aromatic carbocycles. The number of hydrogen-bond acceptors (Lipinski definition) is 3. The van der Waals surface area contributed by atoms with Crippen LogP contribution in [0.4, 0.5) is 0 Å². The highest BCUT2D eigenvalue weighted by Gasteiger charge is 2.15. The summed E-state index contributed by atoms with van der Waals surface area (Å²) in [6, 6.07) is 9.13. The minimum atomic E-state index is -0.00128. The molecule has 2 rings (SSSR count). The maximum absolute atomic E-state index is 12.3. The van der Waals surface area contributed by atoms with Crippen LogP contribution in [-0.2, 0) is 6.54 Å². The number of ketones is 1. The topological polar surface area (TPSA) is 40.5 Å². The zero-order valence-corrected chi connectivity index (χ0v) is 13.0. The number of methoxy groups -OCH3 is 1. The zero-order chi connectivity index (χ0) is 15.4. The van der Waals surface area contributed by atoms with Crippen molar-refractivity contribution in [3.63, 3.8) is 0 Å². The lowest BCUT2D eigenvalue weighted by Crippen LogP contribution is -2.12. The number of rotatable bonds is 6. The smallest absolute Gasteiger partial charge is 0.202 e. The molecule has 2 aromatic rings. The Morgan fingerprint density at radius 3 is 2.29 bits per heavy atom. The molecular formula is C17H21NO3. The van der Waals surface area contributed by atoms with E-state index in [9.17, 15) is 4.79 Å². The van der Waals surface area contributed by atoms with Gasteiger partial charge in [-0.1, -0.05) is 0 Å². The molecule has 21 heavy (non-hydrogen) atoms. The van der Waals surface area contributed by atoms with Gasteiger partial charge in [0.15, 0.2) is 6.61 Å². The molecule has 1 aromatic heterocycles. The number of aromatic nitrogens is 1. The van der Waals surface area contributed by atoms with Crippen LogP contribution in [0.15, 0.2) is 30.3 Å². The zero-order valence-electron chi connectivity index (χ0n) is 13.0. The molecule has 0 radical (unpaired) electrons. The molecule has 0 amide bonds. The lowest BCUT2D eigenvalue weighted by molar-refractivity contribution is 0.0921. The first-order valence-corrected chi connectivity index (χ1v) is 7.03. The van der Waals surface area contributed by atoms with E-state index in [4.69, 9.17) is 9.47 Å². The SMILES string of the molecule is CCn1c(C)cc(C(=O)COc2ccc(OC)cc2)c1C. The van der Waals surface area contributed by atoms with Gasteiger partial charge in [0.05, 0.1) is 7.11 Å². The molecule has 0 unspecified atom stereocenters. The Morgan fingerprint density at radius 2 is 1.76 bits per heavy atom. The largest absolute Gasteiger partial charge is 0.497 e. The van der Waals surface area contributed by atoms with Crippen LogP contribution >= 0.6 is 0 Å². The van der Waals surface area contributed by atoms with Crippen LogP contribution in [0.5, 0.6) is 11.5 Å². The highest BCUT2D eigenvalue weighted by molar-refractivity contribution is 5.98. The summed E-state index contributed by atoms with van der Waals surface area (Å²) in [4.78, 5) is 12.3. The van der Waals surface area contributed by atoms with Gasteiger partial charge in [0.2, 0.25) is 5.78 Å². The Balaban J connectivity index is 2.04. The summed E-state index contributed by atoms with van der Waals surface area (Å²) < 4.78 is 12.8. The molecule has 0 bridgehead atoms. The first kappa shape index (κ1) is 15.2. The number of ether oxygens (including phenoxy) is 2. The van der Waals surface area contributed by atoms with Crippen molar-refractivity contribution in [1.82, 2.24) is 4.57 Å². The van der Waals surface area contributed by atoms with E-state index < -0.39 is 0 Å². The van der Waals surface area contributed by atoms with E-state index in [0.29, 0.717) is 5.75 Å². The molecule has 0 spiro atoms. The molecular weight excluding hydrogens is 266 g/mol. The number of carbonyl (C=O) groups excluding carboxylic acids is 1. The van der Waals surface area contributed by atoms with Crippen molar-refractivity contribution in [2.45, 2.75) is 27.3 Å². The third-order valence-corrected chi connectivity index (χ3v) is 3.62. The maximum Gasteiger partial charge on any atom is 0.202 e. The van der Waals surface area contributed by atoms with Gasteiger partial charge in [-0.3, -0.25) is 4.79 Å². The lowest BCUT2D eigenvalue weighted by Gasteiger charge is -2.07. The third kappa shape index (κ3) is 3.27. The van der Waals surface area contributed by atoms with Crippen LogP contribution in [0.2, 0.25) is 0 Å². The van der Waals surface area contributed by atoms with Crippen LogP contribution in [0.3, 0.4) is 0 Å². The lowest BCUT2D eigenvalue weighted by atomic mass is 10.1.